The molecule has 1 atom stereocenters. The van der Waals surface area contributed by atoms with Crippen molar-refractivity contribution in [3.63, 3.8) is 0 Å². The molecule has 0 saturated heterocycles. The van der Waals surface area contributed by atoms with E-state index < -0.39 is 0 Å². The molecule has 0 fully saturated rings. The zero-order valence-corrected chi connectivity index (χ0v) is 13.2. The minimum absolute atomic E-state index is 0.0489. The van der Waals surface area contributed by atoms with E-state index in [0.717, 1.165) is 21.3 Å². The highest BCUT2D eigenvalue weighted by atomic mass is 32.2. The molecule has 7 heteroatoms. The first-order chi connectivity index (χ1) is 9.60. The number of rotatable bonds is 5. The number of carbonyl (C=O) groups is 1. The monoisotopic (exact) mass is 308 g/mol. The first-order valence-corrected chi connectivity index (χ1v) is 7.99. The van der Waals surface area contributed by atoms with Gasteiger partial charge in [0.15, 0.2) is 4.34 Å². The smallest absolute Gasteiger partial charge is 0.239 e. The molecule has 0 aliphatic rings. The van der Waals surface area contributed by atoms with Crippen molar-refractivity contribution >= 4 is 34.8 Å². The molecule has 106 valence electrons. The number of anilines is 1. The topological polar surface area (TPSA) is 67.8 Å². The van der Waals surface area contributed by atoms with E-state index in [1.54, 1.807) is 6.20 Å². The van der Waals surface area contributed by atoms with Crippen molar-refractivity contribution in [2.45, 2.75) is 36.8 Å². The predicted octanol–water partition coefficient (Wildman–Crippen LogP) is 3.06. The number of nitrogens with one attached hydrogen (secondary N) is 1. The van der Waals surface area contributed by atoms with Crippen molar-refractivity contribution in [3.05, 3.63) is 28.9 Å². The number of hydrogen-bond donors (Lipinski definition) is 1. The summed E-state index contributed by atoms with van der Waals surface area (Å²) in [7, 11) is 0. The quantitative estimate of drug-likeness (QED) is 0.860. The molecular weight excluding hydrogens is 292 g/mol. The van der Waals surface area contributed by atoms with Gasteiger partial charge < -0.3 is 5.32 Å². The molecule has 0 bridgehead atoms. The SMILES string of the molecule is CCC(Sc1nnc(C)s1)C(=O)Nc1ncccc1C. The van der Waals surface area contributed by atoms with E-state index in [1.165, 1.54) is 23.1 Å². The molecule has 0 aliphatic heterocycles. The fraction of sp³-hybridized carbons (Fsp3) is 0.385. The van der Waals surface area contributed by atoms with Crippen LogP contribution >= 0.6 is 23.1 Å². The van der Waals surface area contributed by atoms with E-state index in [2.05, 4.69) is 20.5 Å². The van der Waals surface area contributed by atoms with Crippen molar-refractivity contribution in [2.24, 2.45) is 0 Å². The van der Waals surface area contributed by atoms with Gasteiger partial charge in [-0.15, -0.1) is 10.2 Å². The summed E-state index contributed by atoms with van der Waals surface area (Å²) in [6, 6.07) is 3.77. The number of nitrogens with zero attached hydrogens (tertiary/aromatic N) is 3. The third kappa shape index (κ3) is 3.77. The summed E-state index contributed by atoms with van der Waals surface area (Å²) >= 11 is 2.95. The molecule has 2 aromatic heterocycles. The predicted molar refractivity (Wildman–Crippen MR) is 82.2 cm³/mol. The Morgan fingerprint density at radius 3 is 2.85 bits per heavy atom. The second-order valence-corrected chi connectivity index (χ2v) is 6.89. The molecule has 20 heavy (non-hydrogen) atoms. The van der Waals surface area contributed by atoms with Gasteiger partial charge >= 0.3 is 0 Å². The Kier molecular flexibility index (Phi) is 5.08. The Morgan fingerprint density at radius 1 is 1.45 bits per heavy atom. The third-order valence-electron chi connectivity index (χ3n) is 2.66. The van der Waals surface area contributed by atoms with E-state index in [-0.39, 0.29) is 11.2 Å². The molecule has 0 spiro atoms. The third-order valence-corrected chi connectivity index (χ3v) is 4.95. The standard InChI is InChI=1S/C13H16N4OS2/c1-4-10(20-13-17-16-9(3)19-13)12(18)15-11-8(2)6-5-7-14-11/h5-7,10H,4H2,1-3H3,(H,14,15,18). The highest BCUT2D eigenvalue weighted by Crippen LogP contribution is 2.28. The van der Waals surface area contributed by atoms with Crippen LogP contribution in [0.15, 0.2) is 22.7 Å². The zero-order valence-electron chi connectivity index (χ0n) is 11.6. The number of amides is 1. The van der Waals surface area contributed by atoms with Crippen LogP contribution in [0.2, 0.25) is 0 Å². The van der Waals surface area contributed by atoms with Crippen molar-refractivity contribution in [2.75, 3.05) is 5.32 Å². The number of aromatic nitrogens is 3. The number of pyridine rings is 1. The van der Waals surface area contributed by atoms with Gasteiger partial charge in [0, 0.05) is 6.20 Å². The molecule has 1 amide bonds. The van der Waals surface area contributed by atoms with Gasteiger partial charge in [-0.1, -0.05) is 36.1 Å². The lowest BCUT2D eigenvalue weighted by atomic mass is 10.2. The van der Waals surface area contributed by atoms with Crippen LogP contribution in [-0.4, -0.2) is 26.3 Å². The van der Waals surface area contributed by atoms with Gasteiger partial charge in [0.25, 0.3) is 0 Å². The summed E-state index contributed by atoms with van der Waals surface area (Å²) in [4.78, 5) is 16.5. The summed E-state index contributed by atoms with van der Waals surface area (Å²) < 4.78 is 0.822. The second-order valence-electron chi connectivity index (χ2n) is 4.26. The fourth-order valence-corrected chi connectivity index (χ4v) is 3.57. The van der Waals surface area contributed by atoms with Gasteiger partial charge in [-0.2, -0.15) is 0 Å². The second kappa shape index (κ2) is 6.81. The molecule has 5 nitrogen and oxygen atoms in total. The van der Waals surface area contributed by atoms with Gasteiger partial charge in [-0.05, 0) is 31.9 Å². The van der Waals surface area contributed by atoms with Crippen molar-refractivity contribution in [1.29, 1.82) is 0 Å². The summed E-state index contributed by atoms with van der Waals surface area (Å²) in [6.45, 7) is 5.81. The highest BCUT2D eigenvalue weighted by Gasteiger charge is 2.20. The fourth-order valence-electron chi connectivity index (χ4n) is 1.58. The lowest BCUT2D eigenvalue weighted by Crippen LogP contribution is -2.25. The molecule has 1 unspecified atom stereocenters. The molecule has 1 N–H and O–H groups in total. The lowest BCUT2D eigenvalue weighted by Gasteiger charge is -2.13. The number of thioether (sulfide) groups is 1. The van der Waals surface area contributed by atoms with Crippen molar-refractivity contribution in [3.8, 4) is 0 Å². The van der Waals surface area contributed by atoms with E-state index >= 15 is 0 Å². The van der Waals surface area contributed by atoms with Crippen LogP contribution in [0.3, 0.4) is 0 Å². The zero-order chi connectivity index (χ0) is 14.5. The summed E-state index contributed by atoms with van der Waals surface area (Å²) in [6.07, 6.45) is 2.39. The van der Waals surface area contributed by atoms with E-state index in [4.69, 9.17) is 0 Å². The molecule has 0 aliphatic carbocycles. The number of carbonyl (C=O) groups excluding carboxylic acids is 1. The van der Waals surface area contributed by atoms with Gasteiger partial charge in [0.2, 0.25) is 5.91 Å². The first kappa shape index (κ1) is 14.9. The van der Waals surface area contributed by atoms with Crippen LogP contribution in [0.1, 0.15) is 23.9 Å². The van der Waals surface area contributed by atoms with Gasteiger partial charge in [-0.3, -0.25) is 4.79 Å². The largest absolute Gasteiger partial charge is 0.310 e. The summed E-state index contributed by atoms with van der Waals surface area (Å²) in [5.74, 6) is 0.567. The Hall–Kier alpha value is -1.47. The lowest BCUT2D eigenvalue weighted by molar-refractivity contribution is -0.115. The average Bonchev–Trinajstić information content (AvgIpc) is 2.84. The minimum atomic E-state index is -0.191. The highest BCUT2D eigenvalue weighted by molar-refractivity contribution is 8.02. The van der Waals surface area contributed by atoms with E-state index in [1.807, 2.05) is 32.9 Å². The molecule has 0 saturated carbocycles. The first-order valence-electron chi connectivity index (χ1n) is 6.29. The maximum absolute atomic E-state index is 12.3. The summed E-state index contributed by atoms with van der Waals surface area (Å²) in [5.41, 5.74) is 0.951. The molecule has 0 aromatic carbocycles. The van der Waals surface area contributed by atoms with E-state index in [0.29, 0.717) is 5.82 Å². The van der Waals surface area contributed by atoms with Crippen molar-refractivity contribution < 1.29 is 4.79 Å². The van der Waals surface area contributed by atoms with Gasteiger partial charge in [-0.25, -0.2) is 4.98 Å². The minimum Gasteiger partial charge on any atom is -0.310 e. The molecule has 2 heterocycles. The Labute approximate surface area is 126 Å². The van der Waals surface area contributed by atoms with E-state index in [9.17, 15) is 4.79 Å². The van der Waals surface area contributed by atoms with Crippen LogP contribution in [0.5, 0.6) is 0 Å². The molecule has 2 aromatic rings. The van der Waals surface area contributed by atoms with Crippen LogP contribution in [-0.2, 0) is 4.79 Å². The Morgan fingerprint density at radius 2 is 2.25 bits per heavy atom. The van der Waals surface area contributed by atoms with Gasteiger partial charge in [0.05, 0.1) is 5.25 Å². The Bertz CT molecular complexity index is 600. The molecule has 0 radical (unpaired) electrons. The molecule has 2 rings (SSSR count). The summed E-state index contributed by atoms with van der Waals surface area (Å²) in [5, 5.41) is 11.6. The maximum Gasteiger partial charge on any atom is 0.239 e. The molecular formula is C13H16N4OS2. The van der Waals surface area contributed by atoms with Crippen LogP contribution in [0.4, 0.5) is 5.82 Å². The van der Waals surface area contributed by atoms with Crippen LogP contribution in [0.25, 0.3) is 0 Å². The van der Waals surface area contributed by atoms with Crippen molar-refractivity contribution in [1.82, 2.24) is 15.2 Å². The normalized spacial score (nSPS) is 12.2. The number of aryl methyl sites for hydroxylation is 2. The van der Waals surface area contributed by atoms with Gasteiger partial charge in [0.1, 0.15) is 10.8 Å². The van der Waals surface area contributed by atoms with Crippen LogP contribution in [0, 0.1) is 13.8 Å². The Balaban J connectivity index is 2.04. The number of hydrogen-bond acceptors (Lipinski definition) is 6. The maximum atomic E-state index is 12.3. The van der Waals surface area contributed by atoms with Crippen LogP contribution < -0.4 is 5.32 Å². The average molecular weight is 308 g/mol.